The van der Waals surface area contributed by atoms with Gasteiger partial charge in [-0.15, -0.1) is 0 Å². The molecule has 90 valence electrons. The molecule has 0 aliphatic heterocycles. The predicted molar refractivity (Wildman–Crippen MR) is 63.5 cm³/mol. The summed E-state index contributed by atoms with van der Waals surface area (Å²) in [6, 6.07) is 4.71. The van der Waals surface area contributed by atoms with Gasteiger partial charge < -0.3 is 0 Å². The van der Waals surface area contributed by atoms with Gasteiger partial charge in [0.2, 0.25) is 0 Å². The number of halogens is 1. The van der Waals surface area contributed by atoms with Gasteiger partial charge in [-0.1, -0.05) is 12.1 Å². The minimum atomic E-state index is -0.385. The van der Waals surface area contributed by atoms with E-state index >= 15 is 0 Å². The lowest BCUT2D eigenvalue weighted by atomic mass is 10.0. The van der Waals surface area contributed by atoms with Crippen molar-refractivity contribution < 1.29 is 4.39 Å². The van der Waals surface area contributed by atoms with Crippen LogP contribution in [0, 0.1) is 12.7 Å². The summed E-state index contributed by atoms with van der Waals surface area (Å²) in [5.41, 5.74) is 4.85. The molecule has 1 aromatic heterocycles. The Hall–Kier alpha value is -1.72. The molecule has 5 heteroatoms. The number of nitrogens with two attached hydrogens (primary N) is 1. The van der Waals surface area contributed by atoms with Crippen molar-refractivity contribution in [2.75, 3.05) is 0 Å². The van der Waals surface area contributed by atoms with Gasteiger partial charge in [-0.05, 0) is 18.6 Å². The summed E-state index contributed by atoms with van der Waals surface area (Å²) in [4.78, 5) is 0. The number of nitrogens with zero attached hydrogens (tertiary/aromatic N) is 2. The highest BCUT2D eigenvalue weighted by atomic mass is 19.1. The first-order valence-electron chi connectivity index (χ1n) is 5.32. The molecule has 1 atom stereocenters. The van der Waals surface area contributed by atoms with Crippen LogP contribution >= 0.6 is 0 Å². The molecule has 0 amide bonds. The SMILES string of the molecule is Cc1ccc(C(NN)c2cnn(C)c2)c(F)c1. The maximum absolute atomic E-state index is 13.9. The second-order valence-electron chi connectivity index (χ2n) is 4.07. The second kappa shape index (κ2) is 4.65. The van der Waals surface area contributed by atoms with E-state index in [9.17, 15) is 4.39 Å². The fraction of sp³-hybridized carbons (Fsp3) is 0.250. The molecule has 3 N–H and O–H groups in total. The fourth-order valence-electron chi connectivity index (χ4n) is 1.82. The first-order chi connectivity index (χ1) is 8.11. The highest BCUT2D eigenvalue weighted by Gasteiger charge is 2.17. The van der Waals surface area contributed by atoms with E-state index in [1.165, 1.54) is 6.07 Å². The molecular formula is C12H15FN4. The van der Waals surface area contributed by atoms with E-state index in [-0.39, 0.29) is 11.9 Å². The van der Waals surface area contributed by atoms with Crippen molar-refractivity contribution in [1.82, 2.24) is 15.2 Å². The van der Waals surface area contributed by atoms with Gasteiger partial charge in [0.25, 0.3) is 0 Å². The zero-order valence-corrected chi connectivity index (χ0v) is 9.81. The van der Waals surface area contributed by atoms with E-state index in [0.717, 1.165) is 11.1 Å². The Labute approximate surface area is 99.2 Å². The van der Waals surface area contributed by atoms with Crippen LogP contribution in [0.25, 0.3) is 0 Å². The van der Waals surface area contributed by atoms with Crippen LogP contribution in [0.4, 0.5) is 4.39 Å². The molecule has 4 nitrogen and oxygen atoms in total. The molecule has 0 bridgehead atoms. The Morgan fingerprint density at radius 2 is 2.24 bits per heavy atom. The maximum Gasteiger partial charge on any atom is 0.128 e. The monoisotopic (exact) mass is 234 g/mol. The number of rotatable bonds is 3. The molecule has 0 fully saturated rings. The average Bonchev–Trinajstić information content (AvgIpc) is 2.69. The number of aryl methyl sites for hydroxylation is 2. The van der Waals surface area contributed by atoms with Crippen molar-refractivity contribution in [2.45, 2.75) is 13.0 Å². The summed E-state index contributed by atoms with van der Waals surface area (Å²) in [5.74, 6) is 5.23. The van der Waals surface area contributed by atoms with Crippen LogP contribution in [0.15, 0.2) is 30.6 Å². The summed E-state index contributed by atoms with van der Waals surface area (Å²) in [5, 5.41) is 4.06. The van der Waals surface area contributed by atoms with Gasteiger partial charge in [-0.2, -0.15) is 5.10 Å². The molecule has 0 spiro atoms. The molecule has 1 unspecified atom stereocenters. The largest absolute Gasteiger partial charge is 0.275 e. The van der Waals surface area contributed by atoms with E-state index in [1.54, 1.807) is 16.9 Å². The lowest BCUT2D eigenvalue weighted by Gasteiger charge is -2.15. The summed E-state index contributed by atoms with van der Waals surface area (Å²) in [6.07, 6.45) is 3.48. The topological polar surface area (TPSA) is 55.9 Å². The zero-order chi connectivity index (χ0) is 12.4. The summed E-state index contributed by atoms with van der Waals surface area (Å²) >= 11 is 0. The van der Waals surface area contributed by atoms with Gasteiger partial charge in [0, 0.05) is 24.4 Å². The number of nitrogens with one attached hydrogen (secondary N) is 1. The highest BCUT2D eigenvalue weighted by molar-refractivity contribution is 5.32. The predicted octanol–water partition coefficient (Wildman–Crippen LogP) is 1.42. The molecule has 1 aromatic carbocycles. The van der Waals surface area contributed by atoms with E-state index in [4.69, 9.17) is 5.84 Å². The van der Waals surface area contributed by atoms with Gasteiger partial charge in [0.05, 0.1) is 12.2 Å². The quantitative estimate of drug-likeness (QED) is 0.624. The van der Waals surface area contributed by atoms with Crippen molar-refractivity contribution in [3.05, 3.63) is 53.1 Å². The third kappa shape index (κ3) is 2.35. The Bertz CT molecular complexity index is 521. The van der Waals surface area contributed by atoms with E-state index in [2.05, 4.69) is 10.5 Å². The van der Waals surface area contributed by atoms with Gasteiger partial charge >= 0.3 is 0 Å². The van der Waals surface area contributed by atoms with Crippen molar-refractivity contribution in [3.8, 4) is 0 Å². The molecule has 17 heavy (non-hydrogen) atoms. The number of aromatic nitrogens is 2. The summed E-state index contributed by atoms with van der Waals surface area (Å²) < 4.78 is 15.5. The Morgan fingerprint density at radius 3 is 2.76 bits per heavy atom. The fourth-order valence-corrected chi connectivity index (χ4v) is 1.82. The normalized spacial score (nSPS) is 12.7. The molecular weight excluding hydrogens is 219 g/mol. The van der Waals surface area contributed by atoms with Crippen LogP contribution in [-0.2, 0) is 7.05 Å². The van der Waals surface area contributed by atoms with E-state index in [1.807, 2.05) is 26.2 Å². The van der Waals surface area contributed by atoms with Crippen molar-refractivity contribution in [2.24, 2.45) is 12.9 Å². The zero-order valence-electron chi connectivity index (χ0n) is 9.81. The van der Waals surface area contributed by atoms with Crippen LogP contribution in [0.5, 0.6) is 0 Å². The minimum absolute atomic E-state index is 0.267. The van der Waals surface area contributed by atoms with Crippen LogP contribution < -0.4 is 11.3 Å². The molecule has 0 aliphatic rings. The molecule has 0 saturated carbocycles. The first-order valence-corrected chi connectivity index (χ1v) is 5.32. The van der Waals surface area contributed by atoms with Crippen molar-refractivity contribution in [1.29, 1.82) is 0 Å². The molecule has 0 aliphatic carbocycles. The van der Waals surface area contributed by atoms with Gasteiger partial charge in [0.1, 0.15) is 5.82 Å². The summed E-state index contributed by atoms with van der Waals surface area (Å²) in [6.45, 7) is 1.85. The standard InChI is InChI=1S/C12H15FN4/c1-8-3-4-10(11(13)5-8)12(16-14)9-6-15-17(2)7-9/h3-7,12,16H,14H2,1-2H3. The van der Waals surface area contributed by atoms with Crippen LogP contribution in [0.1, 0.15) is 22.7 Å². The highest BCUT2D eigenvalue weighted by Crippen LogP contribution is 2.23. The average molecular weight is 234 g/mol. The molecule has 2 rings (SSSR count). The smallest absolute Gasteiger partial charge is 0.128 e. The molecule has 1 heterocycles. The van der Waals surface area contributed by atoms with Crippen molar-refractivity contribution in [3.63, 3.8) is 0 Å². The van der Waals surface area contributed by atoms with Crippen LogP contribution in [0.3, 0.4) is 0 Å². The lowest BCUT2D eigenvalue weighted by molar-refractivity contribution is 0.559. The Kier molecular flexibility index (Phi) is 3.21. The molecule has 0 radical (unpaired) electrons. The Balaban J connectivity index is 2.42. The van der Waals surface area contributed by atoms with E-state index < -0.39 is 0 Å². The number of benzene rings is 1. The van der Waals surface area contributed by atoms with Gasteiger partial charge in [-0.25, -0.2) is 9.82 Å². The molecule has 0 saturated heterocycles. The minimum Gasteiger partial charge on any atom is -0.275 e. The van der Waals surface area contributed by atoms with Crippen LogP contribution in [-0.4, -0.2) is 9.78 Å². The maximum atomic E-state index is 13.9. The lowest BCUT2D eigenvalue weighted by Crippen LogP contribution is -2.29. The first kappa shape index (κ1) is 11.8. The second-order valence-corrected chi connectivity index (χ2v) is 4.07. The van der Waals surface area contributed by atoms with Gasteiger partial charge in [-0.3, -0.25) is 10.5 Å². The Morgan fingerprint density at radius 1 is 1.47 bits per heavy atom. The number of hydrazine groups is 1. The van der Waals surface area contributed by atoms with E-state index in [0.29, 0.717) is 5.56 Å². The third-order valence-corrected chi connectivity index (χ3v) is 2.69. The third-order valence-electron chi connectivity index (χ3n) is 2.69. The molecule has 2 aromatic rings. The van der Waals surface area contributed by atoms with Gasteiger partial charge in [0.15, 0.2) is 0 Å². The number of hydrogen-bond donors (Lipinski definition) is 2. The summed E-state index contributed by atoms with van der Waals surface area (Å²) in [7, 11) is 1.81. The van der Waals surface area contributed by atoms with Crippen LogP contribution in [0.2, 0.25) is 0 Å². The van der Waals surface area contributed by atoms with Crippen molar-refractivity contribution >= 4 is 0 Å². The number of hydrogen-bond acceptors (Lipinski definition) is 3.